The highest BCUT2D eigenvalue weighted by Crippen LogP contribution is 2.29. The lowest BCUT2D eigenvalue weighted by molar-refractivity contribution is 0.0686. The highest BCUT2D eigenvalue weighted by Gasteiger charge is 2.19. The molecular weight excluding hydrogens is 302 g/mol. The van der Waals surface area contributed by atoms with Gasteiger partial charge in [-0.2, -0.15) is 0 Å². The summed E-state index contributed by atoms with van der Waals surface area (Å²) >= 11 is 0.893. The number of carboxylic acid groups (broad SMARTS) is 1. The van der Waals surface area contributed by atoms with Gasteiger partial charge in [0.2, 0.25) is 5.12 Å². The third-order valence-corrected chi connectivity index (χ3v) is 4.17. The molecule has 0 atom stereocenters. The first kappa shape index (κ1) is 16.0. The van der Waals surface area contributed by atoms with E-state index in [1.54, 1.807) is 37.4 Å². The van der Waals surface area contributed by atoms with E-state index in [4.69, 9.17) is 4.74 Å². The standard InChI is InChI=1S/C16H15NO4S/c1-3-10-8-9-17-13(15(18)19)14(10)22-16(20)11-4-6-12(21-2)7-5-11/h4-9H,3H2,1-2H3,(H,18,19). The molecule has 0 aliphatic heterocycles. The van der Waals surface area contributed by atoms with E-state index < -0.39 is 5.97 Å². The fourth-order valence-corrected chi connectivity index (χ4v) is 2.93. The minimum Gasteiger partial charge on any atom is -0.497 e. The number of aryl methyl sites for hydroxylation is 1. The Kier molecular flexibility index (Phi) is 5.16. The minimum atomic E-state index is -1.14. The van der Waals surface area contributed by atoms with Gasteiger partial charge in [0.15, 0.2) is 5.69 Å². The van der Waals surface area contributed by atoms with Gasteiger partial charge >= 0.3 is 5.97 Å². The summed E-state index contributed by atoms with van der Waals surface area (Å²) < 4.78 is 5.05. The van der Waals surface area contributed by atoms with Crippen LogP contribution in [0.1, 0.15) is 33.3 Å². The SMILES string of the molecule is CCc1ccnc(C(=O)O)c1SC(=O)c1ccc(OC)cc1. The van der Waals surface area contributed by atoms with Gasteiger partial charge < -0.3 is 9.84 Å². The lowest BCUT2D eigenvalue weighted by atomic mass is 10.2. The fourth-order valence-electron chi connectivity index (χ4n) is 1.91. The number of methoxy groups -OCH3 is 1. The molecule has 0 unspecified atom stereocenters. The van der Waals surface area contributed by atoms with E-state index in [1.165, 1.54) is 6.20 Å². The predicted molar refractivity (Wildman–Crippen MR) is 83.8 cm³/mol. The first-order valence-corrected chi connectivity index (χ1v) is 7.45. The Labute approximate surface area is 132 Å². The molecule has 114 valence electrons. The third-order valence-electron chi connectivity index (χ3n) is 3.09. The van der Waals surface area contributed by atoms with Crippen LogP contribution in [0.4, 0.5) is 0 Å². The summed E-state index contributed by atoms with van der Waals surface area (Å²) in [5.41, 5.74) is 1.18. The number of hydrogen-bond donors (Lipinski definition) is 1. The molecule has 0 saturated heterocycles. The van der Waals surface area contributed by atoms with Crippen molar-refractivity contribution in [2.75, 3.05) is 7.11 Å². The van der Waals surface area contributed by atoms with Gasteiger partial charge in [-0.1, -0.05) is 6.92 Å². The zero-order chi connectivity index (χ0) is 16.1. The lowest BCUT2D eigenvalue weighted by Gasteiger charge is -2.09. The maximum Gasteiger partial charge on any atom is 0.355 e. The van der Waals surface area contributed by atoms with Gasteiger partial charge in [-0.15, -0.1) is 0 Å². The van der Waals surface area contributed by atoms with E-state index in [1.807, 2.05) is 6.92 Å². The average Bonchev–Trinajstić information content (AvgIpc) is 2.54. The van der Waals surface area contributed by atoms with Crippen LogP contribution in [0.15, 0.2) is 41.4 Å². The molecule has 0 aliphatic carbocycles. The van der Waals surface area contributed by atoms with E-state index in [2.05, 4.69) is 4.98 Å². The highest BCUT2D eigenvalue weighted by atomic mass is 32.2. The van der Waals surface area contributed by atoms with E-state index in [9.17, 15) is 14.7 Å². The van der Waals surface area contributed by atoms with Crippen molar-refractivity contribution in [1.29, 1.82) is 0 Å². The second kappa shape index (κ2) is 7.09. The molecule has 6 heteroatoms. The quantitative estimate of drug-likeness (QED) is 0.853. The van der Waals surface area contributed by atoms with E-state index >= 15 is 0 Å². The van der Waals surface area contributed by atoms with Crippen molar-refractivity contribution in [1.82, 2.24) is 4.98 Å². The smallest absolute Gasteiger partial charge is 0.355 e. The van der Waals surface area contributed by atoms with Crippen LogP contribution in [0.3, 0.4) is 0 Å². The Morgan fingerprint density at radius 2 is 1.91 bits per heavy atom. The summed E-state index contributed by atoms with van der Waals surface area (Å²) in [6.45, 7) is 1.91. The van der Waals surface area contributed by atoms with Crippen LogP contribution in [0, 0.1) is 0 Å². The van der Waals surface area contributed by atoms with Crippen LogP contribution < -0.4 is 4.74 Å². The number of carboxylic acids is 1. The molecule has 0 spiro atoms. The molecule has 2 aromatic rings. The van der Waals surface area contributed by atoms with Crippen molar-refractivity contribution in [3.63, 3.8) is 0 Å². The third kappa shape index (κ3) is 3.46. The largest absolute Gasteiger partial charge is 0.497 e. The molecule has 5 nitrogen and oxygen atoms in total. The van der Waals surface area contributed by atoms with Gasteiger partial charge in [-0.05, 0) is 54.1 Å². The normalized spacial score (nSPS) is 10.3. The number of hydrogen-bond acceptors (Lipinski definition) is 5. The van der Waals surface area contributed by atoms with Crippen LogP contribution in [0.25, 0.3) is 0 Å². The Balaban J connectivity index is 2.32. The van der Waals surface area contributed by atoms with Crippen LogP contribution in [0.2, 0.25) is 0 Å². The van der Waals surface area contributed by atoms with Gasteiger partial charge in [0.25, 0.3) is 0 Å². The van der Waals surface area contributed by atoms with Crippen molar-refractivity contribution in [3.05, 3.63) is 53.3 Å². The Morgan fingerprint density at radius 3 is 2.45 bits per heavy atom. The molecule has 1 N–H and O–H groups in total. The van der Waals surface area contributed by atoms with E-state index in [0.717, 1.165) is 17.3 Å². The second-order valence-electron chi connectivity index (χ2n) is 4.42. The maximum atomic E-state index is 12.4. The van der Waals surface area contributed by atoms with Crippen molar-refractivity contribution in [2.45, 2.75) is 18.2 Å². The molecule has 2 rings (SSSR count). The number of carbonyl (C=O) groups is 2. The number of ether oxygens (including phenoxy) is 1. The maximum absolute atomic E-state index is 12.4. The minimum absolute atomic E-state index is 0.0915. The molecule has 0 amide bonds. The number of benzene rings is 1. The lowest BCUT2D eigenvalue weighted by Crippen LogP contribution is -2.06. The van der Waals surface area contributed by atoms with Crippen LogP contribution in [0.5, 0.6) is 5.75 Å². The zero-order valence-electron chi connectivity index (χ0n) is 12.2. The molecule has 1 aromatic heterocycles. The topological polar surface area (TPSA) is 76.5 Å². The monoisotopic (exact) mass is 317 g/mol. The molecule has 0 aliphatic rings. The zero-order valence-corrected chi connectivity index (χ0v) is 13.0. The highest BCUT2D eigenvalue weighted by molar-refractivity contribution is 8.14. The first-order valence-electron chi connectivity index (χ1n) is 6.64. The van der Waals surface area contributed by atoms with Crippen LogP contribution in [-0.2, 0) is 6.42 Å². The molecule has 0 bridgehead atoms. The molecule has 22 heavy (non-hydrogen) atoms. The van der Waals surface area contributed by atoms with Crippen molar-refractivity contribution < 1.29 is 19.4 Å². The number of aromatic carboxylic acids is 1. The van der Waals surface area contributed by atoms with E-state index in [-0.39, 0.29) is 10.8 Å². The molecular formula is C16H15NO4S. The number of aromatic nitrogens is 1. The first-order chi connectivity index (χ1) is 10.6. The number of nitrogens with zero attached hydrogens (tertiary/aromatic N) is 1. The summed E-state index contributed by atoms with van der Waals surface area (Å²) in [6, 6.07) is 8.41. The van der Waals surface area contributed by atoms with Gasteiger partial charge in [0.1, 0.15) is 5.75 Å². The number of thioether (sulfide) groups is 1. The Hall–Kier alpha value is -2.34. The summed E-state index contributed by atoms with van der Waals surface area (Å²) in [4.78, 5) is 27.9. The van der Waals surface area contributed by atoms with Crippen molar-refractivity contribution in [3.8, 4) is 5.75 Å². The van der Waals surface area contributed by atoms with Crippen molar-refractivity contribution >= 4 is 22.8 Å². The van der Waals surface area contributed by atoms with Gasteiger partial charge in [0.05, 0.1) is 12.0 Å². The summed E-state index contributed by atoms with van der Waals surface area (Å²) in [6.07, 6.45) is 2.07. The summed E-state index contributed by atoms with van der Waals surface area (Å²) in [7, 11) is 1.55. The summed E-state index contributed by atoms with van der Waals surface area (Å²) in [5.74, 6) is -0.483. The van der Waals surface area contributed by atoms with Crippen LogP contribution in [-0.4, -0.2) is 28.3 Å². The number of rotatable bonds is 5. The number of carbonyl (C=O) groups excluding carboxylic acids is 1. The van der Waals surface area contributed by atoms with E-state index in [0.29, 0.717) is 22.6 Å². The van der Waals surface area contributed by atoms with Gasteiger partial charge in [-0.25, -0.2) is 9.78 Å². The molecule has 0 radical (unpaired) electrons. The molecule has 1 heterocycles. The molecule has 1 aromatic carbocycles. The fraction of sp³-hybridized carbons (Fsp3) is 0.188. The molecule has 0 saturated carbocycles. The summed E-state index contributed by atoms with van der Waals surface area (Å²) in [5, 5.41) is 9.00. The van der Waals surface area contributed by atoms with Crippen molar-refractivity contribution in [2.24, 2.45) is 0 Å². The molecule has 0 fully saturated rings. The second-order valence-corrected chi connectivity index (χ2v) is 5.41. The van der Waals surface area contributed by atoms with Gasteiger partial charge in [-0.3, -0.25) is 4.79 Å². The van der Waals surface area contributed by atoms with Gasteiger partial charge in [0, 0.05) is 11.8 Å². The predicted octanol–water partition coefficient (Wildman–Crippen LogP) is 3.28. The Morgan fingerprint density at radius 1 is 1.23 bits per heavy atom. The average molecular weight is 317 g/mol. The number of pyridine rings is 1. The Bertz CT molecular complexity index is 698. The van der Waals surface area contributed by atoms with Crippen LogP contribution >= 0.6 is 11.8 Å².